The second kappa shape index (κ2) is 4.59. The van der Waals surface area contributed by atoms with Crippen molar-refractivity contribution in [2.24, 2.45) is 0 Å². The smallest absolute Gasteiger partial charge is 0.123 e. The van der Waals surface area contributed by atoms with Gasteiger partial charge in [0, 0.05) is 30.0 Å². The predicted molar refractivity (Wildman–Crippen MR) is 72.2 cm³/mol. The van der Waals surface area contributed by atoms with Gasteiger partial charge in [0.2, 0.25) is 0 Å². The van der Waals surface area contributed by atoms with Crippen LogP contribution in [0, 0.1) is 0 Å². The molecule has 0 atom stereocenters. The molecule has 0 radical (unpaired) electrons. The Morgan fingerprint density at radius 1 is 1.29 bits per heavy atom. The van der Waals surface area contributed by atoms with Crippen LogP contribution in [0.5, 0.6) is 0 Å². The van der Waals surface area contributed by atoms with Crippen LogP contribution < -0.4 is 0 Å². The molecular formula is C14H16N2S. The van der Waals surface area contributed by atoms with Crippen molar-refractivity contribution in [3.8, 4) is 10.6 Å². The first kappa shape index (κ1) is 10.9. The number of hydrogen-bond acceptors (Lipinski definition) is 3. The fraction of sp³-hybridized carbons (Fsp3) is 0.357. The first-order valence-electron chi connectivity index (χ1n) is 6.13. The van der Waals surface area contributed by atoms with E-state index in [1.54, 1.807) is 0 Å². The molecule has 0 aliphatic carbocycles. The molecule has 0 saturated carbocycles. The molecule has 88 valence electrons. The van der Waals surface area contributed by atoms with Crippen molar-refractivity contribution in [3.63, 3.8) is 0 Å². The first-order chi connectivity index (χ1) is 8.36. The maximum absolute atomic E-state index is 4.78. The third-order valence-electron chi connectivity index (χ3n) is 3.28. The van der Waals surface area contributed by atoms with E-state index in [1.807, 2.05) is 11.3 Å². The summed E-state index contributed by atoms with van der Waals surface area (Å²) in [5, 5.41) is 1.17. The van der Waals surface area contributed by atoms with Crippen LogP contribution in [-0.4, -0.2) is 23.0 Å². The number of benzene rings is 1. The molecule has 3 heteroatoms. The van der Waals surface area contributed by atoms with Crippen LogP contribution in [0.4, 0.5) is 0 Å². The SMILES string of the molecule is CCN1CCc2nc(-c3ccccc3)sc2C1. The van der Waals surface area contributed by atoms with Gasteiger partial charge in [-0.3, -0.25) is 4.90 Å². The average molecular weight is 244 g/mol. The van der Waals surface area contributed by atoms with Crippen molar-refractivity contribution in [1.82, 2.24) is 9.88 Å². The summed E-state index contributed by atoms with van der Waals surface area (Å²) < 4.78 is 0. The average Bonchev–Trinajstić information content (AvgIpc) is 2.82. The molecule has 1 aliphatic rings. The lowest BCUT2D eigenvalue weighted by Crippen LogP contribution is -2.29. The van der Waals surface area contributed by atoms with E-state index in [-0.39, 0.29) is 0 Å². The highest BCUT2D eigenvalue weighted by Crippen LogP contribution is 2.31. The lowest BCUT2D eigenvalue weighted by molar-refractivity contribution is 0.270. The summed E-state index contributed by atoms with van der Waals surface area (Å²) in [7, 11) is 0. The zero-order valence-corrected chi connectivity index (χ0v) is 10.8. The van der Waals surface area contributed by atoms with E-state index in [4.69, 9.17) is 4.98 Å². The molecule has 3 rings (SSSR count). The molecule has 0 saturated heterocycles. The van der Waals surface area contributed by atoms with E-state index in [1.165, 1.54) is 21.1 Å². The molecule has 1 aromatic carbocycles. The number of likely N-dealkylation sites (N-methyl/N-ethyl adjacent to an activating group) is 1. The summed E-state index contributed by atoms with van der Waals surface area (Å²) in [5.74, 6) is 0. The van der Waals surface area contributed by atoms with Gasteiger partial charge in [-0.05, 0) is 6.54 Å². The molecular weight excluding hydrogens is 228 g/mol. The Morgan fingerprint density at radius 3 is 2.88 bits per heavy atom. The Morgan fingerprint density at radius 2 is 2.12 bits per heavy atom. The minimum absolute atomic E-state index is 1.08. The number of fused-ring (bicyclic) bond motifs is 1. The molecule has 0 amide bonds. The number of thiazole rings is 1. The van der Waals surface area contributed by atoms with Gasteiger partial charge in [-0.2, -0.15) is 0 Å². The van der Waals surface area contributed by atoms with Gasteiger partial charge in [0.25, 0.3) is 0 Å². The van der Waals surface area contributed by atoms with Crippen molar-refractivity contribution in [3.05, 3.63) is 40.9 Å². The van der Waals surface area contributed by atoms with Crippen LogP contribution in [-0.2, 0) is 13.0 Å². The number of rotatable bonds is 2. The van der Waals surface area contributed by atoms with Crippen LogP contribution in [0.2, 0.25) is 0 Å². The van der Waals surface area contributed by atoms with Crippen molar-refractivity contribution in [1.29, 1.82) is 0 Å². The standard InChI is InChI=1S/C14H16N2S/c1-2-16-9-8-12-13(10-16)17-14(15-12)11-6-4-3-5-7-11/h3-7H,2,8-10H2,1H3. The molecule has 2 nitrogen and oxygen atoms in total. The minimum atomic E-state index is 1.08. The quantitative estimate of drug-likeness (QED) is 0.806. The molecule has 0 unspecified atom stereocenters. The lowest BCUT2D eigenvalue weighted by atomic mass is 10.2. The van der Waals surface area contributed by atoms with E-state index < -0.39 is 0 Å². The van der Waals surface area contributed by atoms with Gasteiger partial charge in [-0.1, -0.05) is 37.3 Å². The van der Waals surface area contributed by atoms with Gasteiger partial charge in [-0.15, -0.1) is 11.3 Å². The second-order valence-electron chi connectivity index (χ2n) is 4.37. The Hall–Kier alpha value is -1.19. The highest BCUT2D eigenvalue weighted by atomic mass is 32.1. The zero-order valence-electron chi connectivity index (χ0n) is 10.0. The highest BCUT2D eigenvalue weighted by Gasteiger charge is 2.19. The zero-order chi connectivity index (χ0) is 11.7. The third kappa shape index (κ3) is 2.13. The van der Waals surface area contributed by atoms with Crippen LogP contribution in [0.25, 0.3) is 10.6 Å². The van der Waals surface area contributed by atoms with E-state index in [0.29, 0.717) is 0 Å². The summed E-state index contributed by atoms with van der Waals surface area (Å²) >= 11 is 1.85. The third-order valence-corrected chi connectivity index (χ3v) is 4.41. The predicted octanol–water partition coefficient (Wildman–Crippen LogP) is 3.19. The maximum atomic E-state index is 4.78. The minimum Gasteiger partial charge on any atom is -0.298 e. The van der Waals surface area contributed by atoms with Crippen LogP contribution in [0.1, 0.15) is 17.5 Å². The molecule has 0 fully saturated rings. The molecule has 1 aliphatic heterocycles. The van der Waals surface area contributed by atoms with Crippen LogP contribution >= 0.6 is 11.3 Å². The van der Waals surface area contributed by atoms with Crippen molar-refractivity contribution < 1.29 is 0 Å². The van der Waals surface area contributed by atoms with E-state index in [0.717, 1.165) is 26.1 Å². The van der Waals surface area contributed by atoms with Crippen LogP contribution in [0.15, 0.2) is 30.3 Å². The Bertz CT molecular complexity index is 504. The summed E-state index contributed by atoms with van der Waals surface area (Å²) in [5.41, 5.74) is 2.56. The molecule has 0 spiro atoms. The molecule has 17 heavy (non-hydrogen) atoms. The summed E-state index contributed by atoms with van der Waals surface area (Å²) in [4.78, 5) is 8.72. The van der Waals surface area contributed by atoms with Gasteiger partial charge in [0.05, 0.1) is 5.69 Å². The number of nitrogens with zero attached hydrogens (tertiary/aromatic N) is 2. The van der Waals surface area contributed by atoms with E-state index in [9.17, 15) is 0 Å². The van der Waals surface area contributed by atoms with Crippen molar-refractivity contribution in [2.45, 2.75) is 19.9 Å². The molecule has 2 aromatic rings. The lowest BCUT2D eigenvalue weighted by Gasteiger charge is -2.23. The first-order valence-corrected chi connectivity index (χ1v) is 6.95. The number of aromatic nitrogens is 1. The van der Waals surface area contributed by atoms with E-state index in [2.05, 4.69) is 42.2 Å². The molecule has 0 bridgehead atoms. The van der Waals surface area contributed by atoms with Gasteiger partial charge in [0.15, 0.2) is 0 Å². The Kier molecular flexibility index (Phi) is 2.95. The van der Waals surface area contributed by atoms with Crippen molar-refractivity contribution in [2.75, 3.05) is 13.1 Å². The monoisotopic (exact) mass is 244 g/mol. The molecule has 2 heterocycles. The van der Waals surface area contributed by atoms with Gasteiger partial charge < -0.3 is 0 Å². The van der Waals surface area contributed by atoms with Crippen LogP contribution in [0.3, 0.4) is 0 Å². The molecule has 1 aromatic heterocycles. The Balaban J connectivity index is 1.93. The van der Waals surface area contributed by atoms with Gasteiger partial charge in [0.1, 0.15) is 5.01 Å². The highest BCUT2D eigenvalue weighted by molar-refractivity contribution is 7.15. The van der Waals surface area contributed by atoms with Gasteiger partial charge in [-0.25, -0.2) is 4.98 Å². The largest absolute Gasteiger partial charge is 0.298 e. The fourth-order valence-corrected chi connectivity index (χ4v) is 3.38. The summed E-state index contributed by atoms with van der Waals surface area (Å²) in [6.07, 6.45) is 1.10. The Labute approximate surface area is 106 Å². The maximum Gasteiger partial charge on any atom is 0.123 e. The normalized spacial score (nSPS) is 15.8. The van der Waals surface area contributed by atoms with Crippen molar-refractivity contribution >= 4 is 11.3 Å². The summed E-state index contributed by atoms with van der Waals surface area (Å²) in [6, 6.07) is 10.5. The summed E-state index contributed by atoms with van der Waals surface area (Å²) in [6.45, 7) is 5.60. The molecule has 0 N–H and O–H groups in total. The fourth-order valence-electron chi connectivity index (χ4n) is 2.22. The van der Waals surface area contributed by atoms with E-state index >= 15 is 0 Å². The topological polar surface area (TPSA) is 16.1 Å². The number of hydrogen-bond donors (Lipinski definition) is 0. The second-order valence-corrected chi connectivity index (χ2v) is 5.46. The van der Waals surface area contributed by atoms with Gasteiger partial charge >= 0.3 is 0 Å².